The first-order valence-corrected chi connectivity index (χ1v) is 7.74. The van der Waals surface area contributed by atoms with Crippen LogP contribution < -0.4 is 5.32 Å². The molecule has 2 rings (SSSR count). The molecule has 1 aliphatic heterocycles. The van der Waals surface area contributed by atoms with Crippen LogP contribution in [0.25, 0.3) is 0 Å². The molecule has 1 N–H and O–H groups in total. The van der Waals surface area contributed by atoms with Gasteiger partial charge >= 0.3 is 0 Å². The lowest BCUT2D eigenvalue weighted by Gasteiger charge is -2.19. The molecule has 0 spiro atoms. The lowest BCUT2D eigenvalue weighted by molar-refractivity contribution is -0.120. The van der Waals surface area contributed by atoms with E-state index in [0.29, 0.717) is 31.6 Å². The van der Waals surface area contributed by atoms with Crippen molar-refractivity contribution in [3.63, 3.8) is 0 Å². The van der Waals surface area contributed by atoms with E-state index in [9.17, 15) is 9.59 Å². The van der Waals surface area contributed by atoms with Crippen LogP contribution in [0.4, 0.5) is 0 Å². The highest BCUT2D eigenvalue weighted by atomic mass is 32.2. The van der Waals surface area contributed by atoms with Gasteiger partial charge in [-0.25, -0.2) is 0 Å². The number of hydrogen-bond donors (Lipinski definition) is 1. The third-order valence-electron chi connectivity index (χ3n) is 3.08. The van der Waals surface area contributed by atoms with E-state index in [0.717, 1.165) is 11.3 Å². The number of hydrogen-bond acceptors (Lipinski definition) is 3. The molecule has 0 radical (unpaired) electrons. The Morgan fingerprint density at radius 2 is 2.26 bits per heavy atom. The summed E-state index contributed by atoms with van der Waals surface area (Å²) >= 11 is 1.73. The van der Waals surface area contributed by atoms with Crippen molar-refractivity contribution in [2.75, 3.05) is 25.9 Å². The van der Waals surface area contributed by atoms with Gasteiger partial charge in [0.2, 0.25) is 5.91 Å². The Kier molecular flexibility index (Phi) is 4.85. The van der Waals surface area contributed by atoms with Gasteiger partial charge in [0.1, 0.15) is 0 Å². The molecule has 19 heavy (non-hydrogen) atoms. The average Bonchev–Trinajstić information content (AvgIpc) is 2.63. The van der Waals surface area contributed by atoms with Crippen molar-refractivity contribution in [2.24, 2.45) is 0 Å². The summed E-state index contributed by atoms with van der Waals surface area (Å²) in [5, 5.41) is 2.78. The highest BCUT2D eigenvalue weighted by Crippen LogP contribution is 2.13. The number of nitrogens with zero attached hydrogens (tertiary/aromatic N) is 1. The fraction of sp³-hybridized carbons (Fsp3) is 0.429. The van der Waals surface area contributed by atoms with E-state index in [1.807, 2.05) is 30.5 Å². The van der Waals surface area contributed by atoms with E-state index in [-0.39, 0.29) is 11.8 Å². The maximum absolute atomic E-state index is 12.4. The maximum Gasteiger partial charge on any atom is 0.253 e. The predicted octanol–water partition coefficient (Wildman–Crippen LogP) is 1.51. The van der Waals surface area contributed by atoms with Gasteiger partial charge in [0.05, 0.1) is 0 Å². The molecular weight excluding hydrogens is 260 g/mol. The molecule has 5 heteroatoms. The fourth-order valence-corrected chi connectivity index (χ4v) is 2.63. The first-order valence-electron chi connectivity index (χ1n) is 6.34. The Hall–Kier alpha value is -1.49. The van der Waals surface area contributed by atoms with E-state index >= 15 is 0 Å². The fourth-order valence-electron chi connectivity index (χ4n) is 2.11. The number of carbonyl (C=O) groups is 2. The first-order chi connectivity index (χ1) is 9.20. The van der Waals surface area contributed by atoms with Crippen LogP contribution >= 0.6 is 11.8 Å². The summed E-state index contributed by atoms with van der Waals surface area (Å²) in [7, 11) is 0. The first kappa shape index (κ1) is 13.9. The minimum atomic E-state index is 0.0134. The summed E-state index contributed by atoms with van der Waals surface area (Å²) < 4.78 is 0. The monoisotopic (exact) mass is 278 g/mol. The van der Waals surface area contributed by atoms with E-state index in [1.165, 1.54) is 0 Å². The number of rotatable bonds is 3. The highest BCUT2D eigenvalue weighted by Gasteiger charge is 2.19. The van der Waals surface area contributed by atoms with Crippen LogP contribution in [0.5, 0.6) is 0 Å². The van der Waals surface area contributed by atoms with Crippen molar-refractivity contribution in [1.82, 2.24) is 10.2 Å². The van der Waals surface area contributed by atoms with Gasteiger partial charge in [-0.3, -0.25) is 9.59 Å². The third kappa shape index (κ3) is 3.73. The van der Waals surface area contributed by atoms with Gasteiger partial charge in [-0.2, -0.15) is 11.8 Å². The molecule has 1 aromatic rings. The summed E-state index contributed by atoms with van der Waals surface area (Å²) in [6.45, 7) is 1.61. The summed E-state index contributed by atoms with van der Waals surface area (Å²) in [6.07, 6.45) is 2.43. The quantitative estimate of drug-likeness (QED) is 0.912. The maximum atomic E-state index is 12.4. The van der Waals surface area contributed by atoms with Gasteiger partial charge in [0.25, 0.3) is 5.91 Å². The zero-order valence-corrected chi connectivity index (χ0v) is 11.8. The molecule has 1 heterocycles. The number of nitrogens with one attached hydrogen (secondary N) is 1. The molecule has 0 aliphatic carbocycles. The van der Waals surface area contributed by atoms with Crippen LogP contribution in [0.15, 0.2) is 24.3 Å². The highest BCUT2D eigenvalue weighted by molar-refractivity contribution is 7.97. The van der Waals surface area contributed by atoms with Crippen molar-refractivity contribution in [2.45, 2.75) is 12.2 Å². The van der Waals surface area contributed by atoms with Crippen LogP contribution in [0, 0.1) is 0 Å². The second kappa shape index (κ2) is 6.61. The van der Waals surface area contributed by atoms with Gasteiger partial charge in [0, 0.05) is 37.4 Å². The molecular formula is C14H18N2O2S. The zero-order valence-electron chi connectivity index (χ0n) is 11.0. The van der Waals surface area contributed by atoms with Crippen molar-refractivity contribution in [3.8, 4) is 0 Å². The Bertz CT molecular complexity index is 476. The molecule has 1 fully saturated rings. The van der Waals surface area contributed by atoms with Crippen LogP contribution in [0.2, 0.25) is 0 Å². The molecule has 1 aliphatic rings. The van der Waals surface area contributed by atoms with Crippen molar-refractivity contribution < 1.29 is 9.59 Å². The van der Waals surface area contributed by atoms with Gasteiger partial charge < -0.3 is 10.2 Å². The van der Waals surface area contributed by atoms with E-state index in [4.69, 9.17) is 0 Å². The van der Waals surface area contributed by atoms with Crippen molar-refractivity contribution in [1.29, 1.82) is 0 Å². The molecule has 0 unspecified atom stereocenters. The van der Waals surface area contributed by atoms with Gasteiger partial charge in [0.15, 0.2) is 0 Å². The molecule has 102 valence electrons. The number of carbonyl (C=O) groups excluding carboxylic acids is 2. The summed E-state index contributed by atoms with van der Waals surface area (Å²) in [5.41, 5.74) is 1.86. The molecule has 4 nitrogen and oxygen atoms in total. The molecule has 0 atom stereocenters. The van der Waals surface area contributed by atoms with Gasteiger partial charge in [-0.05, 0) is 24.0 Å². The number of benzene rings is 1. The normalized spacial score (nSPS) is 15.8. The second-order valence-corrected chi connectivity index (χ2v) is 5.39. The number of amides is 2. The minimum Gasteiger partial charge on any atom is -0.354 e. The standard InChI is InChI=1S/C14H18N2O2S/c1-19-10-11-3-2-4-12(9-11)14(18)16-7-5-13(17)15-6-8-16/h2-4,9H,5-8,10H2,1H3,(H,15,17). The van der Waals surface area contributed by atoms with E-state index in [1.54, 1.807) is 16.7 Å². The Labute approximate surface area is 117 Å². The smallest absolute Gasteiger partial charge is 0.253 e. The molecule has 2 amide bonds. The van der Waals surface area contributed by atoms with Crippen LogP contribution in [0.3, 0.4) is 0 Å². The van der Waals surface area contributed by atoms with Crippen LogP contribution in [0.1, 0.15) is 22.3 Å². The lowest BCUT2D eigenvalue weighted by Crippen LogP contribution is -2.34. The summed E-state index contributed by atoms with van der Waals surface area (Å²) in [4.78, 5) is 25.4. The SMILES string of the molecule is CSCc1cccc(C(=O)N2CCNC(=O)CC2)c1. The Balaban J connectivity index is 2.09. The van der Waals surface area contributed by atoms with E-state index in [2.05, 4.69) is 5.32 Å². The summed E-state index contributed by atoms with van der Waals surface area (Å²) in [6, 6.07) is 7.73. The molecule has 1 aromatic carbocycles. The van der Waals surface area contributed by atoms with Crippen LogP contribution in [-0.2, 0) is 10.5 Å². The lowest BCUT2D eigenvalue weighted by atomic mass is 10.1. The topological polar surface area (TPSA) is 49.4 Å². The Morgan fingerprint density at radius 1 is 1.42 bits per heavy atom. The summed E-state index contributed by atoms with van der Waals surface area (Å²) in [5.74, 6) is 0.937. The third-order valence-corrected chi connectivity index (χ3v) is 3.71. The molecule has 0 bridgehead atoms. The average molecular weight is 278 g/mol. The van der Waals surface area contributed by atoms with Gasteiger partial charge in [-0.1, -0.05) is 12.1 Å². The van der Waals surface area contributed by atoms with Crippen molar-refractivity contribution >= 4 is 23.6 Å². The molecule has 0 saturated carbocycles. The van der Waals surface area contributed by atoms with Gasteiger partial charge in [-0.15, -0.1) is 0 Å². The Morgan fingerprint density at radius 3 is 3.05 bits per heavy atom. The molecule has 0 aromatic heterocycles. The zero-order chi connectivity index (χ0) is 13.7. The largest absolute Gasteiger partial charge is 0.354 e. The second-order valence-electron chi connectivity index (χ2n) is 4.53. The molecule has 1 saturated heterocycles. The van der Waals surface area contributed by atoms with Crippen molar-refractivity contribution in [3.05, 3.63) is 35.4 Å². The van der Waals surface area contributed by atoms with E-state index < -0.39 is 0 Å². The predicted molar refractivity (Wildman–Crippen MR) is 77.2 cm³/mol. The number of thioether (sulfide) groups is 1. The van der Waals surface area contributed by atoms with Crippen LogP contribution in [-0.4, -0.2) is 42.6 Å². The minimum absolute atomic E-state index is 0.0134.